The maximum atomic E-state index is 3.61. The largest absolute Gasteiger partial charge is 0.356 e. The summed E-state index contributed by atoms with van der Waals surface area (Å²) >= 11 is 0. The van der Waals surface area contributed by atoms with E-state index in [4.69, 9.17) is 0 Å². The highest BCUT2D eigenvalue weighted by atomic mass is 14.9. The number of anilines is 2. The Morgan fingerprint density at radius 3 is 1.95 bits per heavy atom. The zero-order chi connectivity index (χ0) is 27.1. The molecule has 1 aliphatic rings. The first-order valence-corrected chi connectivity index (χ1v) is 14.0. The predicted molar refractivity (Wildman–Crippen MR) is 173 cm³/mol. The summed E-state index contributed by atoms with van der Waals surface area (Å²) in [7, 11) is 0. The molecule has 0 unspecified atom stereocenters. The lowest BCUT2D eigenvalue weighted by atomic mass is 9.90. The summed E-state index contributed by atoms with van der Waals surface area (Å²) in [5, 5.41) is 3.61. The van der Waals surface area contributed by atoms with E-state index in [1.807, 2.05) is 0 Å². The lowest BCUT2D eigenvalue weighted by Gasteiger charge is -2.15. The van der Waals surface area contributed by atoms with Crippen LogP contribution in [0.25, 0.3) is 40.0 Å². The average Bonchev–Trinajstić information content (AvgIpc) is 3.02. The van der Waals surface area contributed by atoms with Gasteiger partial charge in [0.25, 0.3) is 0 Å². The molecule has 0 bridgehead atoms. The number of nitrogens with one attached hydrogen (secondary N) is 1. The molecule has 5 aromatic rings. The molecule has 0 saturated carbocycles. The van der Waals surface area contributed by atoms with Crippen molar-refractivity contribution in [2.45, 2.75) is 19.8 Å². The van der Waals surface area contributed by atoms with Gasteiger partial charge in [-0.05, 0) is 88.5 Å². The molecule has 0 heterocycles. The molecule has 1 N–H and O–H groups in total. The Morgan fingerprint density at radius 2 is 1.23 bits per heavy atom. The Balaban J connectivity index is 1.23. The smallest absolute Gasteiger partial charge is 0.0390 e. The zero-order valence-electron chi connectivity index (χ0n) is 22.8. The predicted octanol–water partition coefficient (Wildman–Crippen LogP) is 11.1. The maximum absolute atomic E-state index is 3.61. The summed E-state index contributed by atoms with van der Waals surface area (Å²) in [6.45, 7) is 2.25. The van der Waals surface area contributed by atoms with Gasteiger partial charge in [-0.25, -0.2) is 0 Å². The summed E-state index contributed by atoms with van der Waals surface area (Å²) in [6, 6.07) is 45.1. The Hall–Kier alpha value is -4.88. The van der Waals surface area contributed by atoms with Crippen LogP contribution >= 0.6 is 0 Å². The summed E-state index contributed by atoms with van der Waals surface area (Å²) in [6.07, 6.45) is 11.3. The standard InChI is InChI=1S/C39H33N/c1-29-12-8-10-18-36(29)37-19-11-9-17-33(37)23-20-30-21-24-34(25-22-30)40-35-26-27-38(31-13-4-2-5-14-31)39(28-35)32-15-6-3-7-16-32/h2-7,9-11,13-28,40H,8,12H2,1H3/b23-20+. The Labute approximate surface area is 237 Å². The van der Waals surface area contributed by atoms with E-state index in [0.717, 1.165) is 24.2 Å². The molecule has 0 saturated heterocycles. The topological polar surface area (TPSA) is 12.0 Å². The first-order valence-electron chi connectivity index (χ1n) is 14.0. The second-order valence-corrected chi connectivity index (χ2v) is 10.3. The molecule has 1 aliphatic carbocycles. The van der Waals surface area contributed by atoms with Crippen molar-refractivity contribution in [1.82, 2.24) is 0 Å². The molecule has 194 valence electrons. The van der Waals surface area contributed by atoms with Crippen LogP contribution in [0, 0.1) is 0 Å². The molecule has 0 aliphatic heterocycles. The second kappa shape index (κ2) is 11.9. The monoisotopic (exact) mass is 515 g/mol. The fourth-order valence-corrected chi connectivity index (χ4v) is 5.36. The molecule has 6 rings (SSSR count). The van der Waals surface area contributed by atoms with E-state index < -0.39 is 0 Å². The summed E-state index contributed by atoms with van der Waals surface area (Å²) in [4.78, 5) is 0. The van der Waals surface area contributed by atoms with Crippen LogP contribution in [0.3, 0.4) is 0 Å². The molecule has 0 radical (unpaired) electrons. The van der Waals surface area contributed by atoms with Gasteiger partial charge in [0.15, 0.2) is 0 Å². The van der Waals surface area contributed by atoms with Crippen molar-refractivity contribution in [2.75, 3.05) is 5.32 Å². The van der Waals surface area contributed by atoms with Crippen LogP contribution in [-0.2, 0) is 0 Å². The van der Waals surface area contributed by atoms with Crippen molar-refractivity contribution in [3.05, 3.63) is 162 Å². The van der Waals surface area contributed by atoms with Crippen LogP contribution in [0.5, 0.6) is 0 Å². The van der Waals surface area contributed by atoms with Gasteiger partial charge in [-0.2, -0.15) is 0 Å². The lowest BCUT2D eigenvalue weighted by molar-refractivity contribution is 0.967. The third kappa shape index (κ3) is 5.75. The third-order valence-electron chi connectivity index (χ3n) is 7.53. The highest BCUT2D eigenvalue weighted by Gasteiger charge is 2.10. The SMILES string of the molecule is CC1=C(c2ccccc2/C=C/c2ccc(Nc3ccc(-c4ccccc4)c(-c4ccccc4)c3)cc2)C=CCC1. The minimum absolute atomic E-state index is 1.07. The van der Waals surface area contributed by atoms with Crippen LogP contribution in [0.1, 0.15) is 36.5 Å². The van der Waals surface area contributed by atoms with Gasteiger partial charge in [-0.15, -0.1) is 0 Å². The van der Waals surface area contributed by atoms with Gasteiger partial charge in [0.1, 0.15) is 0 Å². The van der Waals surface area contributed by atoms with Crippen molar-refractivity contribution < 1.29 is 0 Å². The first kappa shape index (κ1) is 25.4. The molecule has 0 atom stereocenters. The van der Waals surface area contributed by atoms with Crippen molar-refractivity contribution >= 4 is 29.1 Å². The van der Waals surface area contributed by atoms with Crippen LogP contribution in [-0.4, -0.2) is 0 Å². The molecule has 40 heavy (non-hydrogen) atoms. The fourth-order valence-electron chi connectivity index (χ4n) is 5.36. The van der Waals surface area contributed by atoms with Gasteiger partial charge >= 0.3 is 0 Å². The summed E-state index contributed by atoms with van der Waals surface area (Å²) in [5.41, 5.74) is 13.6. The second-order valence-electron chi connectivity index (χ2n) is 10.3. The van der Waals surface area contributed by atoms with Crippen LogP contribution in [0.2, 0.25) is 0 Å². The summed E-state index contributed by atoms with van der Waals surface area (Å²) in [5.74, 6) is 0. The van der Waals surface area contributed by atoms with E-state index in [1.165, 1.54) is 50.1 Å². The Kier molecular flexibility index (Phi) is 7.55. The number of benzene rings is 5. The minimum Gasteiger partial charge on any atom is -0.356 e. The van der Waals surface area contributed by atoms with Gasteiger partial charge in [0.2, 0.25) is 0 Å². The Morgan fingerprint density at radius 1 is 0.575 bits per heavy atom. The number of hydrogen-bond acceptors (Lipinski definition) is 1. The van der Waals surface area contributed by atoms with Crippen molar-refractivity contribution in [3.63, 3.8) is 0 Å². The minimum atomic E-state index is 1.07. The maximum Gasteiger partial charge on any atom is 0.0390 e. The van der Waals surface area contributed by atoms with E-state index in [2.05, 4.69) is 164 Å². The van der Waals surface area contributed by atoms with Gasteiger partial charge in [-0.3, -0.25) is 0 Å². The van der Waals surface area contributed by atoms with Crippen LogP contribution in [0.4, 0.5) is 11.4 Å². The fraction of sp³-hybridized carbons (Fsp3) is 0.0769. The first-order chi connectivity index (χ1) is 19.7. The molecule has 5 aromatic carbocycles. The van der Waals surface area contributed by atoms with Gasteiger partial charge in [0.05, 0.1) is 0 Å². The Bertz CT molecular complexity index is 1690. The number of rotatable bonds is 7. The molecular formula is C39H33N. The molecule has 0 aromatic heterocycles. The molecule has 1 heteroatoms. The molecule has 1 nitrogen and oxygen atoms in total. The zero-order valence-corrected chi connectivity index (χ0v) is 22.8. The lowest BCUT2D eigenvalue weighted by Crippen LogP contribution is -1.94. The van der Waals surface area contributed by atoms with E-state index in [1.54, 1.807) is 0 Å². The van der Waals surface area contributed by atoms with Gasteiger partial charge < -0.3 is 5.32 Å². The average molecular weight is 516 g/mol. The molecule has 0 amide bonds. The van der Waals surface area contributed by atoms with E-state index in [9.17, 15) is 0 Å². The van der Waals surface area contributed by atoms with Gasteiger partial charge in [-0.1, -0.05) is 133 Å². The summed E-state index contributed by atoms with van der Waals surface area (Å²) < 4.78 is 0. The molecule has 0 spiro atoms. The quantitative estimate of drug-likeness (QED) is 0.213. The number of hydrogen-bond donors (Lipinski definition) is 1. The van der Waals surface area contributed by atoms with Crippen LogP contribution < -0.4 is 5.32 Å². The number of allylic oxidation sites excluding steroid dienone is 4. The van der Waals surface area contributed by atoms with E-state index in [-0.39, 0.29) is 0 Å². The van der Waals surface area contributed by atoms with Crippen molar-refractivity contribution in [3.8, 4) is 22.3 Å². The van der Waals surface area contributed by atoms with Crippen molar-refractivity contribution in [1.29, 1.82) is 0 Å². The highest BCUT2D eigenvalue weighted by Crippen LogP contribution is 2.35. The highest BCUT2D eigenvalue weighted by molar-refractivity contribution is 5.87. The normalized spacial score (nSPS) is 13.1. The molecule has 0 fully saturated rings. The van der Waals surface area contributed by atoms with Crippen molar-refractivity contribution in [2.24, 2.45) is 0 Å². The van der Waals surface area contributed by atoms with Gasteiger partial charge in [0, 0.05) is 11.4 Å². The van der Waals surface area contributed by atoms with Crippen LogP contribution in [0.15, 0.2) is 145 Å². The van der Waals surface area contributed by atoms with E-state index in [0.29, 0.717) is 0 Å². The third-order valence-corrected chi connectivity index (χ3v) is 7.53. The molecular weight excluding hydrogens is 482 g/mol. The van der Waals surface area contributed by atoms with E-state index >= 15 is 0 Å².